The average Bonchev–Trinajstić information content (AvgIpc) is 3.19. The second-order valence-electron chi connectivity index (χ2n) is 7.54. The van der Waals surface area contributed by atoms with Crippen LogP contribution in [0, 0.1) is 6.92 Å². The fourth-order valence-electron chi connectivity index (χ4n) is 3.87. The number of hydrogen-bond donors (Lipinski definition) is 1. The molecule has 168 valence electrons. The van der Waals surface area contributed by atoms with Gasteiger partial charge < -0.3 is 14.8 Å². The van der Waals surface area contributed by atoms with Crippen LogP contribution in [0.4, 0.5) is 5.69 Å². The van der Waals surface area contributed by atoms with Crippen LogP contribution in [0.3, 0.4) is 0 Å². The zero-order valence-electron chi connectivity index (χ0n) is 18.2. The lowest BCUT2D eigenvalue weighted by Gasteiger charge is -2.24. The molecule has 1 amide bonds. The average molecular weight is 472 g/mol. The molecule has 0 fully saturated rings. The Hall–Kier alpha value is -2.84. The summed E-state index contributed by atoms with van der Waals surface area (Å²) >= 11 is 1.35. The van der Waals surface area contributed by atoms with E-state index in [1.165, 1.54) is 11.3 Å². The van der Waals surface area contributed by atoms with E-state index in [4.69, 9.17) is 9.47 Å². The minimum absolute atomic E-state index is 0.136. The van der Waals surface area contributed by atoms with E-state index in [2.05, 4.69) is 5.32 Å². The van der Waals surface area contributed by atoms with Crippen LogP contribution in [-0.2, 0) is 14.6 Å². The molecule has 0 saturated carbocycles. The molecule has 1 N–H and O–H groups in total. The number of nitrogens with one attached hydrogen (secondary N) is 1. The molecule has 4 rings (SSSR count). The number of aryl methyl sites for hydroxylation is 1. The minimum atomic E-state index is -3.77. The molecule has 0 unspecified atom stereocenters. The third-order valence-corrected chi connectivity index (χ3v) is 8.34. The van der Waals surface area contributed by atoms with E-state index in [-0.39, 0.29) is 28.0 Å². The first-order valence-corrected chi connectivity index (χ1v) is 12.8. The molecular formula is C24H25NO5S2. The number of benzene rings is 2. The Kier molecular flexibility index (Phi) is 6.26. The summed E-state index contributed by atoms with van der Waals surface area (Å²) in [7, 11) is -3.77. The van der Waals surface area contributed by atoms with E-state index in [9.17, 15) is 13.2 Å². The van der Waals surface area contributed by atoms with Gasteiger partial charge in [-0.25, -0.2) is 8.42 Å². The number of thiophene rings is 1. The van der Waals surface area contributed by atoms with Crippen LogP contribution in [-0.4, -0.2) is 27.5 Å². The number of rotatable bonds is 7. The largest absolute Gasteiger partial charge is 0.490 e. The van der Waals surface area contributed by atoms with Crippen LogP contribution in [0.15, 0.2) is 57.6 Å². The second kappa shape index (κ2) is 8.96. The predicted octanol–water partition coefficient (Wildman–Crippen LogP) is 5.16. The second-order valence-corrected chi connectivity index (χ2v) is 10.4. The van der Waals surface area contributed by atoms with E-state index in [0.717, 1.165) is 16.0 Å². The van der Waals surface area contributed by atoms with E-state index in [1.54, 1.807) is 23.6 Å². The zero-order chi connectivity index (χ0) is 22.9. The maximum absolute atomic E-state index is 13.3. The number of anilines is 1. The predicted molar refractivity (Wildman–Crippen MR) is 125 cm³/mol. The molecule has 0 saturated heterocycles. The highest BCUT2D eigenvalue weighted by atomic mass is 32.2. The minimum Gasteiger partial charge on any atom is -0.490 e. The molecular weight excluding hydrogens is 446 g/mol. The normalized spacial score (nSPS) is 15.7. The lowest BCUT2D eigenvalue weighted by atomic mass is 9.90. The van der Waals surface area contributed by atoms with Gasteiger partial charge in [0, 0.05) is 22.6 Å². The van der Waals surface area contributed by atoms with Gasteiger partial charge in [0.2, 0.25) is 15.7 Å². The molecule has 1 aliphatic rings. The van der Waals surface area contributed by atoms with E-state index in [1.807, 2.05) is 45.0 Å². The molecule has 0 radical (unpaired) electrons. The summed E-state index contributed by atoms with van der Waals surface area (Å²) in [5.41, 5.74) is 2.12. The summed E-state index contributed by atoms with van der Waals surface area (Å²) in [4.78, 5) is 13.8. The fraction of sp³-hybridized carbons (Fsp3) is 0.292. The van der Waals surface area contributed by atoms with Crippen molar-refractivity contribution in [1.82, 2.24) is 0 Å². The van der Waals surface area contributed by atoms with Crippen molar-refractivity contribution in [3.8, 4) is 11.5 Å². The number of carbonyl (C=O) groups is 1. The molecule has 1 atom stereocenters. The number of sulfone groups is 1. The molecule has 1 aromatic heterocycles. The first-order valence-electron chi connectivity index (χ1n) is 10.5. The van der Waals surface area contributed by atoms with Crippen molar-refractivity contribution >= 4 is 32.8 Å². The van der Waals surface area contributed by atoms with E-state index >= 15 is 0 Å². The monoisotopic (exact) mass is 471 g/mol. The zero-order valence-corrected chi connectivity index (χ0v) is 19.8. The highest BCUT2D eigenvalue weighted by Gasteiger charge is 2.34. The van der Waals surface area contributed by atoms with Crippen molar-refractivity contribution in [2.45, 2.75) is 42.9 Å². The van der Waals surface area contributed by atoms with E-state index in [0.29, 0.717) is 30.4 Å². The van der Waals surface area contributed by atoms with Gasteiger partial charge in [-0.15, -0.1) is 11.3 Å². The Labute approximate surface area is 192 Å². The Morgan fingerprint density at radius 3 is 2.53 bits per heavy atom. The van der Waals surface area contributed by atoms with Gasteiger partial charge in [0.25, 0.3) is 0 Å². The number of hydrogen-bond acceptors (Lipinski definition) is 6. The molecule has 6 nitrogen and oxygen atoms in total. The molecule has 32 heavy (non-hydrogen) atoms. The molecule has 3 aromatic rings. The number of carbonyl (C=O) groups excluding carboxylic acids is 1. The van der Waals surface area contributed by atoms with Crippen molar-refractivity contribution in [2.24, 2.45) is 0 Å². The highest BCUT2D eigenvalue weighted by molar-refractivity contribution is 7.91. The van der Waals surface area contributed by atoms with Gasteiger partial charge in [-0.2, -0.15) is 0 Å². The van der Waals surface area contributed by atoms with Gasteiger partial charge >= 0.3 is 0 Å². The summed E-state index contributed by atoms with van der Waals surface area (Å²) in [6.07, 6.45) is 0.233. The quantitative estimate of drug-likeness (QED) is 0.515. The van der Waals surface area contributed by atoms with Crippen molar-refractivity contribution in [3.05, 3.63) is 63.8 Å². The van der Waals surface area contributed by atoms with Gasteiger partial charge in [0.15, 0.2) is 11.5 Å². The summed E-state index contributed by atoms with van der Waals surface area (Å²) in [6, 6.07) is 12.4. The molecule has 2 heterocycles. The SMILES string of the molecule is CCOc1ccc([C@@H]2CC(=O)Nc3c(S(=O)(=O)c4cccc(C)c4)csc32)cc1OCC. The van der Waals surface area contributed by atoms with Crippen LogP contribution < -0.4 is 14.8 Å². The fourth-order valence-corrected chi connectivity index (χ4v) is 6.88. The van der Waals surface area contributed by atoms with Crippen LogP contribution >= 0.6 is 11.3 Å². The van der Waals surface area contributed by atoms with Gasteiger partial charge in [0.05, 0.1) is 23.8 Å². The van der Waals surface area contributed by atoms with Gasteiger partial charge in [-0.3, -0.25) is 4.79 Å². The highest BCUT2D eigenvalue weighted by Crippen LogP contribution is 2.47. The van der Waals surface area contributed by atoms with Crippen molar-refractivity contribution in [2.75, 3.05) is 18.5 Å². The van der Waals surface area contributed by atoms with Crippen molar-refractivity contribution < 1.29 is 22.7 Å². The molecule has 2 aromatic carbocycles. The van der Waals surface area contributed by atoms with Crippen LogP contribution in [0.5, 0.6) is 11.5 Å². The van der Waals surface area contributed by atoms with Crippen molar-refractivity contribution in [3.63, 3.8) is 0 Å². The summed E-state index contributed by atoms with van der Waals surface area (Å²) in [5, 5.41) is 4.43. The molecule has 0 aliphatic carbocycles. The number of fused-ring (bicyclic) bond motifs is 1. The maximum atomic E-state index is 13.3. The molecule has 1 aliphatic heterocycles. The number of ether oxygens (including phenoxy) is 2. The Morgan fingerprint density at radius 1 is 1.06 bits per heavy atom. The molecule has 8 heteroatoms. The smallest absolute Gasteiger partial charge is 0.225 e. The maximum Gasteiger partial charge on any atom is 0.225 e. The Bertz CT molecular complexity index is 1260. The van der Waals surface area contributed by atoms with Crippen LogP contribution in [0.1, 0.15) is 42.2 Å². The third-order valence-electron chi connectivity index (χ3n) is 5.32. The van der Waals surface area contributed by atoms with Gasteiger partial charge in [-0.05, 0) is 56.2 Å². The Balaban J connectivity index is 1.78. The third kappa shape index (κ3) is 4.12. The topological polar surface area (TPSA) is 81.7 Å². The first kappa shape index (κ1) is 22.4. The van der Waals surface area contributed by atoms with Crippen LogP contribution in [0.2, 0.25) is 0 Å². The first-order chi connectivity index (χ1) is 15.3. The lowest BCUT2D eigenvalue weighted by molar-refractivity contribution is -0.116. The molecule has 0 bridgehead atoms. The Morgan fingerprint density at radius 2 is 1.81 bits per heavy atom. The standard InChI is InChI=1S/C24H25NO5S2/c1-4-29-19-10-9-16(12-20(19)30-5-2)18-13-22(26)25-23-21(14-31-24(18)23)32(27,28)17-8-6-7-15(3)11-17/h6-12,14,18H,4-5,13H2,1-3H3,(H,25,26)/t18-/m0/s1. The summed E-state index contributed by atoms with van der Waals surface area (Å²) < 4.78 is 38.1. The lowest BCUT2D eigenvalue weighted by Crippen LogP contribution is -2.23. The van der Waals surface area contributed by atoms with Crippen LogP contribution in [0.25, 0.3) is 0 Å². The van der Waals surface area contributed by atoms with Gasteiger partial charge in [-0.1, -0.05) is 18.2 Å². The number of amides is 1. The summed E-state index contributed by atoms with van der Waals surface area (Å²) in [5.74, 6) is 0.782. The van der Waals surface area contributed by atoms with E-state index < -0.39 is 9.84 Å². The molecule has 0 spiro atoms. The summed E-state index contributed by atoms with van der Waals surface area (Å²) in [6.45, 7) is 6.65. The van der Waals surface area contributed by atoms with Crippen molar-refractivity contribution in [1.29, 1.82) is 0 Å². The van der Waals surface area contributed by atoms with Gasteiger partial charge in [0.1, 0.15) is 4.90 Å².